The molecule has 1 atom stereocenters. The van der Waals surface area contributed by atoms with Gasteiger partial charge in [0, 0.05) is 28.1 Å². The van der Waals surface area contributed by atoms with Crippen LogP contribution in [0.4, 0.5) is 9.52 Å². The Morgan fingerprint density at radius 1 is 1.21 bits per heavy atom. The van der Waals surface area contributed by atoms with E-state index in [9.17, 15) is 13.2 Å². The zero-order valence-corrected chi connectivity index (χ0v) is 24.2. The summed E-state index contributed by atoms with van der Waals surface area (Å²) in [6, 6.07) is 14.1. The molecule has 1 unspecified atom stereocenters. The molecule has 2 aromatic heterocycles. The standard InChI is InChI=1S/C26H22BrFN4O5S2/c1-15-9-20(36-3)8-7-18(15)13-31(25-29-14-30-38-25)39(34,35)24-12-23-22(11-21(24)28)32(26(33)37-23)16(2)17-5-4-6-19(27)10-17/h4-12,14,16H,13H2,1-3H3. The molecule has 9 nitrogen and oxygen atoms in total. The molecule has 13 heteroatoms. The van der Waals surface area contributed by atoms with E-state index in [1.54, 1.807) is 25.1 Å². The van der Waals surface area contributed by atoms with Crippen molar-refractivity contribution in [1.29, 1.82) is 0 Å². The third kappa shape index (κ3) is 5.09. The molecule has 0 amide bonds. The van der Waals surface area contributed by atoms with Crippen LogP contribution >= 0.6 is 27.5 Å². The van der Waals surface area contributed by atoms with Gasteiger partial charge in [-0.2, -0.15) is 4.37 Å². The van der Waals surface area contributed by atoms with Gasteiger partial charge in [-0.25, -0.2) is 26.9 Å². The van der Waals surface area contributed by atoms with Crippen molar-refractivity contribution in [2.75, 3.05) is 11.4 Å². The molecule has 0 bridgehead atoms. The molecule has 0 aliphatic rings. The van der Waals surface area contributed by atoms with E-state index in [0.717, 1.165) is 43.6 Å². The maximum atomic E-state index is 15.6. The van der Waals surface area contributed by atoms with Crippen LogP contribution < -0.4 is 14.8 Å². The second-order valence-corrected chi connectivity index (χ2v) is 12.3. The maximum Gasteiger partial charge on any atom is 0.420 e. The fourth-order valence-corrected chi connectivity index (χ4v) is 6.90. The Bertz CT molecular complexity index is 1840. The highest BCUT2D eigenvalue weighted by Crippen LogP contribution is 2.32. The summed E-state index contributed by atoms with van der Waals surface area (Å²) in [6.07, 6.45) is 1.23. The van der Waals surface area contributed by atoms with E-state index < -0.39 is 32.5 Å². The summed E-state index contributed by atoms with van der Waals surface area (Å²) in [5.74, 6) is -1.14. The van der Waals surface area contributed by atoms with Gasteiger partial charge in [-0.1, -0.05) is 34.1 Å². The Kier molecular flexibility index (Phi) is 7.31. The first kappa shape index (κ1) is 27.0. The van der Waals surface area contributed by atoms with Gasteiger partial charge < -0.3 is 9.15 Å². The molecule has 0 saturated carbocycles. The summed E-state index contributed by atoms with van der Waals surface area (Å²) < 4.78 is 61.1. The summed E-state index contributed by atoms with van der Waals surface area (Å²) in [5, 5.41) is 0.0621. The van der Waals surface area contributed by atoms with E-state index >= 15 is 4.39 Å². The zero-order chi connectivity index (χ0) is 27.9. The minimum atomic E-state index is -4.50. The number of methoxy groups -OCH3 is 1. The summed E-state index contributed by atoms with van der Waals surface area (Å²) in [4.78, 5) is 16.3. The third-order valence-corrected chi connectivity index (χ3v) is 9.43. The average molecular weight is 634 g/mol. The fourth-order valence-electron chi connectivity index (χ4n) is 4.29. The molecule has 5 rings (SSSR count). The van der Waals surface area contributed by atoms with Gasteiger partial charge in [0.2, 0.25) is 5.13 Å². The van der Waals surface area contributed by atoms with Crippen LogP contribution in [-0.4, -0.2) is 29.5 Å². The fraction of sp³-hybridized carbons (Fsp3) is 0.192. The van der Waals surface area contributed by atoms with Crippen LogP contribution in [0.3, 0.4) is 0 Å². The number of hydrogen-bond acceptors (Lipinski definition) is 8. The third-order valence-electron chi connectivity index (χ3n) is 6.38. The molecular formula is C26H22BrFN4O5S2. The molecule has 0 N–H and O–H groups in total. The average Bonchev–Trinajstić information content (AvgIpc) is 3.54. The number of halogens is 2. The SMILES string of the molecule is COc1ccc(CN(c2ncns2)S(=O)(=O)c2cc3oc(=O)n(C(C)c4cccc(Br)c4)c3cc2F)c(C)c1. The number of nitrogens with zero attached hydrogens (tertiary/aromatic N) is 4. The number of sulfonamides is 1. The Morgan fingerprint density at radius 3 is 2.67 bits per heavy atom. The van der Waals surface area contributed by atoms with Crippen LogP contribution in [0, 0.1) is 12.7 Å². The Hall–Kier alpha value is -3.55. The van der Waals surface area contributed by atoms with Gasteiger partial charge in [0.15, 0.2) is 5.58 Å². The molecule has 5 aromatic rings. The van der Waals surface area contributed by atoms with Crippen molar-refractivity contribution in [2.45, 2.75) is 31.3 Å². The van der Waals surface area contributed by atoms with E-state index in [-0.39, 0.29) is 22.8 Å². The summed E-state index contributed by atoms with van der Waals surface area (Å²) >= 11 is 4.27. The number of fused-ring (bicyclic) bond motifs is 1. The molecule has 0 radical (unpaired) electrons. The lowest BCUT2D eigenvalue weighted by Crippen LogP contribution is -2.31. The smallest absolute Gasteiger partial charge is 0.420 e. The number of benzene rings is 3. The van der Waals surface area contributed by atoms with Gasteiger partial charge in [0.25, 0.3) is 10.0 Å². The molecular weight excluding hydrogens is 611 g/mol. The first-order chi connectivity index (χ1) is 18.6. The second-order valence-electron chi connectivity index (χ2n) is 8.75. The highest BCUT2D eigenvalue weighted by atomic mass is 79.9. The topological polar surface area (TPSA) is 108 Å². The van der Waals surface area contributed by atoms with Crippen molar-refractivity contribution in [2.24, 2.45) is 0 Å². The highest BCUT2D eigenvalue weighted by molar-refractivity contribution is 9.10. The monoisotopic (exact) mass is 632 g/mol. The van der Waals surface area contributed by atoms with Gasteiger partial charge in [-0.05, 0) is 54.8 Å². The van der Waals surface area contributed by atoms with Crippen LogP contribution in [0.15, 0.2) is 79.5 Å². The van der Waals surface area contributed by atoms with Crippen LogP contribution in [0.25, 0.3) is 11.1 Å². The number of anilines is 1. The Morgan fingerprint density at radius 2 is 2.00 bits per heavy atom. The Balaban J connectivity index is 1.60. The van der Waals surface area contributed by atoms with Gasteiger partial charge >= 0.3 is 5.76 Å². The van der Waals surface area contributed by atoms with Crippen molar-refractivity contribution in [3.63, 3.8) is 0 Å². The normalized spacial score (nSPS) is 12.5. The van der Waals surface area contributed by atoms with Crippen molar-refractivity contribution in [3.8, 4) is 5.75 Å². The van der Waals surface area contributed by atoms with Crippen LogP contribution in [0.5, 0.6) is 5.75 Å². The van der Waals surface area contributed by atoms with Gasteiger partial charge in [0.1, 0.15) is 22.8 Å². The number of oxazole rings is 1. The highest BCUT2D eigenvalue weighted by Gasteiger charge is 2.32. The van der Waals surface area contributed by atoms with Gasteiger partial charge in [0.05, 0.1) is 25.2 Å². The molecule has 0 aliphatic carbocycles. The zero-order valence-electron chi connectivity index (χ0n) is 21.0. The molecule has 0 aliphatic heterocycles. The van der Waals surface area contributed by atoms with Crippen molar-refractivity contribution >= 4 is 53.7 Å². The van der Waals surface area contributed by atoms with Crippen LogP contribution in [-0.2, 0) is 16.6 Å². The predicted molar refractivity (Wildman–Crippen MR) is 149 cm³/mol. The van der Waals surface area contributed by atoms with Crippen LogP contribution in [0.2, 0.25) is 0 Å². The molecule has 2 heterocycles. The first-order valence-corrected chi connectivity index (χ1v) is 14.6. The lowest BCUT2D eigenvalue weighted by atomic mass is 10.1. The van der Waals surface area contributed by atoms with Crippen LogP contribution in [0.1, 0.15) is 29.7 Å². The maximum absolute atomic E-state index is 15.6. The van der Waals surface area contributed by atoms with Gasteiger partial charge in [-0.15, -0.1) is 0 Å². The van der Waals surface area contributed by atoms with E-state index in [2.05, 4.69) is 25.3 Å². The van der Waals surface area contributed by atoms with Crippen molar-refractivity contribution in [3.05, 3.63) is 98.5 Å². The molecule has 0 spiro atoms. The second kappa shape index (κ2) is 10.5. The number of hydrogen-bond donors (Lipinski definition) is 0. The van der Waals surface area contributed by atoms with E-state index in [0.29, 0.717) is 11.3 Å². The molecule has 202 valence electrons. The minimum Gasteiger partial charge on any atom is -0.497 e. The first-order valence-electron chi connectivity index (χ1n) is 11.6. The summed E-state index contributed by atoms with van der Waals surface area (Å²) in [5.41, 5.74) is 2.30. The van der Waals surface area contributed by atoms with Gasteiger partial charge in [-0.3, -0.25) is 4.57 Å². The summed E-state index contributed by atoms with van der Waals surface area (Å²) in [6.45, 7) is 3.46. The molecule has 39 heavy (non-hydrogen) atoms. The number of aromatic nitrogens is 3. The minimum absolute atomic E-state index is 0.0559. The Labute approximate surface area is 235 Å². The lowest BCUT2D eigenvalue weighted by Gasteiger charge is -2.23. The number of ether oxygens (including phenoxy) is 1. The molecule has 0 saturated heterocycles. The molecule has 0 fully saturated rings. The quantitative estimate of drug-likeness (QED) is 0.217. The van der Waals surface area contributed by atoms with Crippen molar-refractivity contribution < 1.29 is 22.0 Å². The summed E-state index contributed by atoms with van der Waals surface area (Å²) in [7, 11) is -2.96. The van der Waals surface area contributed by atoms with E-state index in [1.807, 2.05) is 31.2 Å². The van der Waals surface area contributed by atoms with E-state index in [4.69, 9.17) is 9.15 Å². The number of rotatable bonds is 8. The largest absolute Gasteiger partial charge is 0.497 e. The number of aryl methyl sites for hydroxylation is 1. The lowest BCUT2D eigenvalue weighted by molar-refractivity contribution is 0.414. The van der Waals surface area contributed by atoms with Crippen molar-refractivity contribution in [1.82, 2.24) is 13.9 Å². The van der Waals surface area contributed by atoms with E-state index in [1.165, 1.54) is 18.0 Å². The predicted octanol–water partition coefficient (Wildman–Crippen LogP) is 5.67. The molecule has 3 aromatic carbocycles.